The van der Waals surface area contributed by atoms with Crippen LogP contribution >= 0.6 is 0 Å². The highest BCUT2D eigenvalue weighted by molar-refractivity contribution is 5.89. The maximum atomic E-state index is 12.1. The van der Waals surface area contributed by atoms with Crippen LogP contribution in [0.3, 0.4) is 0 Å². The zero-order chi connectivity index (χ0) is 22.7. The molecule has 2 amide bonds. The quantitative estimate of drug-likeness (QED) is 0.516. The average molecular weight is 410 g/mol. The summed E-state index contributed by atoms with van der Waals surface area (Å²) in [5.41, 5.74) is 0.287. The fourth-order valence-electron chi connectivity index (χ4n) is 1.87. The minimum atomic E-state index is -5.04. The highest BCUT2D eigenvalue weighted by Crippen LogP contribution is 2.15. The molecule has 0 saturated heterocycles. The van der Waals surface area contributed by atoms with Gasteiger partial charge in [0.15, 0.2) is 0 Å². The number of amides is 2. The second kappa shape index (κ2) is 13.2. The number of rotatable bonds is 7. The van der Waals surface area contributed by atoms with Crippen molar-refractivity contribution in [3.05, 3.63) is 11.6 Å². The molecular weight excluding hydrogens is 377 g/mol. The number of nitrogens with zero attached hydrogens (tertiary/aromatic N) is 1. The van der Waals surface area contributed by atoms with Crippen molar-refractivity contribution in [3.63, 3.8) is 0 Å². The third-order valence-corrected chi connectivity index (χ3v) is 3.20. The minimum Gasteiger partial charge on any atom is -0.463 e. The number of hydrogen-bond acceptors (Lipinski definition) is 4. The number of likely N-dealkylation sites (N-methyl/N-ethyl adjacent to an activating group) is 1. The number of ether oxygens (including phenoxy) is 1. The molecule has 0 fully saturated rings. The van der Waals surface area contributed by atoms with Gasteiger partial charge in [0.05, 0.1) is 19.2 Å². The molecule has 0 saturated carbocycles. The molecule has 0 spiro atoms. The maximum Gasteiger partial charge on any atom is 0.471 e. The molecule has 0 bridgehead atoms. The smallest absolute Gasteiger partial charge is 0.463 e. The fraction of sp³-hybridized carbons (Fsp3) is 0.737. The molecule has 9 heteroatoms. The van der Waals surface area contributed by atoms with Crippen LogP contribution in [0, 0.1) is 11.8 Å². The van der Waals surface area contributed by atoms with E-state index in [9.17, 15) is 27.6 Å². The molecule has 0 aromatic heterocycles. The van der Waals surface area contributed by atoms with Gasteiger partial charge in [-0.05, 0) is 25.7 Å². The molecule has 164 valence electrons. The first-order valence-corrected chi connectivity index (χ1v) is 9.11. The van der Waals surface area contributed by atoms with Crippen LogP contribution in [0.4, 0.5) is 13.2 Å². The van der Waals surface area contributed by atoms with E-state index in [1.807, 2.05) is 0 Å². The van der Waals surface area contributed by atoms with Crippen molar-refractivity contribution in [1.82, 2.24) is 10.2 Å². The molecule has 0 radical (unpaired) electrons. The summed E-state index contributed by atoms with van der Waals surface area (Å²) in [7, 11) is 1.39. The molecule has 0 aliphatic rings. The Morgan fingerprint density at radius 3 is 1.93 bits per heavy atom. The van der Waals surface area contributed by atoms with Crippen LogP contribution in [-0.2, 0) is 19.1 Å². The van der Waals surface area contributed by atoms with Crippen molar-refractivity contribution in [2.45, 2.75) is 60.7 Å². The second-order valence-electron chi connectivity index (χ2n) is 7.22. The lowest BCUT2D eigenvalue weighted by Crippen LogP contribution is -2.47. The number of halogens is 3. The van der Waals surface area contributed by atoms with Crippen LogP contribution in [0.15, 0.2) is 11.6 Å². The molecule has 6 nitrogen and oxygen atoms in total. The lowest BCUT2D eigenvalue weighted by Gasteiger charge is -2.29. The number of carbonyl (C=O) groups excluding carboxylic acids is 3. The number of alkyl halides is 3. The van der Waals surface area contributed by atoms with Crippen molar-refractivity contribution in [1.29, 1.82) is 0 Å². The fourth-order valence-corrected chi connectivity index (χ4v) is 1.87. The Kier molecular flexibility index (Phi) is 13.2. The van der Waals surface area contributed by atoms with E-state index in [1.165, 1.54) is 30.3 Å². The molecule has 0 aromatic carbocycles. The molecular formula is C19H33F3N2O4. The summed E-state index contributed by atoms with van der Waals surface area (Å²) in [4.78, 5) is 35.6. The summed E-state index contributed by atoms with van der Waals surface area (Å²) in [5.74, 6) is -2.70. The van der Waals surface area contributed by atoms with Gasteiger partial charge in [-0.2, -0.15) is 13.2 Å². The predicted octanol–water partition coefficient (Wildman–Crippen LogP) is 3.32. The van der Waals surface area contributed by atoms with Crippen molar-refractivity contribution < 1.29 is 32.3 Å². The van der Waals surface area contributed by atoms with Crippen LogP contribution in [-0.4, -0.2) is 55.1 Å². The summed E-state index contributed by atoms with van der Waals surface area (Å²) in [6, 6.07) is -0.537. The zero-order valence-electron chi connectivity index (χ0n) is 17.9. The molecule has 0 rings (SSSR count). The Morgan fingerprint density at radius 2 is 1.57 bits per heavy atom. The van der Waals surface area contributed by atoms with Gasteiger partial charge in [0.25, 0.3) is 0 Å². The third-order valence-electron chi connectivity index (χ3n) is 3.20. The monoisotopic (exact) mass is 410 g/mol. The van der Waals surface area contributed by atoms with E-state index < -0.39 is 36.5 Å². The van der Waals surface area contributed by atoms with E-state index in [-0.39, 0.29) is 18.1 Å². The highest BCUT2D eigenvalue weighted by Gasteiger charge is 2.38. The van der Waals surface area contributed by atoms with Gasteiger partial charge in [0.2, 0.25) is 5.91 Å². The summed E-state index contributed by atoms with van der Waals surface area (Å²) in [5, 5.41) is 1.53. The van der Waals surface area contributed by atoms with Crippen LogP contribution in [0.2, 0.25) is 0 Å². The number of esters is 1. The van der Waals surface area contributed by atoms with Gasteiger partial charge in [0, 0.05) is 12.6 Å². The van der Waals surface area contributed by atoms with E-state index in [1.54, 1.807) is 20.8 Å². The predicted molar refractivity (Wildman–Crippen MR) is 101 cm³/mol. The van der Waals surface area contributed by atoms with Crippen LogP contribution < -0.4 is 5.32 Å². The van der Waals surface area contributed by atoms with Crippen LogP contribution in [0.1, 0.15) is 48.5 Å². The lowest BCUT2D eigenvalue weighted by atomic mass is 10.00. The van der Waals surface area contributed by atoms with Crippen molar-refractivity contribution in [2.75, 3.05) is 20.2 Å². The first kappa shape index (κ1) is 28.2. The molecule has 0 aliphatic carbocycles. The molecule has 0 unspecified atom stereocenters. The standard InChI is InChI=1S/C15H23F3N2O4.C4H10/c1-6-24-13(22)10(4)7-11(9(2)3)20(5)12(21)8-19-14(23)15(16,17)18;1-4(2)3/h7,9,11H,6,8H2,1-5H3,(H,19,23);4H,1-3H3/b10-7+;/t11-;/m1./s1. The Bertz CT molecular complexity index is 541. The second-order valence-corrected chi connectivity index (χ2v) is 7.22. The first-order valence-electron chi connectivity index (χ1n) is 9.11. The molecule has 1 N–H and O–H groups in total. The summed E-state index contributed by atoms with van der Waals surface area (Å²) >= 11 is 0. The van der Waals surface area contributed by atoms with Gasteiger partial charge < -0.3 is 15.0 Å². The van der Waals surface area contributed by atoms with Crippen molar-refractivity contribution in [3.8, 4) is 0 Å². The SMILES string of the molecule is CC(C)C.CCOC(=O)/C(C)=C/[C@H](C(C)C)N(C)C(=O)CNC(=O)C(F)(F)F. The Balaban J connectivity index is 0. The van der Waals surface area contributed by atoms with Gasteiger partial charge in [-0.1, -0.05) is 40.7 Å². The van der Waals surface area contributed by atoms with Crippen molar-refractivity contribution in [2.24, 2.45) is 11.8 Å². The lowest BCUT2D eigenvalue weighted by molar-refractivity contribution is -0.174. The summed E-state index contributed by atoms with van der Waals surface area (Å²) < 4.78 is 41.2. The normalized spacial score (nSPS) is 12.8. The minimum absolute atomic E-state index is 0.110. The van der Waals surface area contributed by atoms with E-state index in [2.05, 4.69) is 20.8 Å². The molecule has 0 heterocycles. The summed E-state index contributed by atoms with van der Waals surface area (Å²) in [6.07, 6.45) is -3.52. The van der Waals surface area contributed by atoms with Gasteiger partial charge >= 0.3 is 18.1 Å². The van der Waals surface area contributed by atoms with Gasteiger partial charge in [0.1, 0.15) is 0 Å². The Hall–Kier alpha value is -2.06. The Morgan fingerprint density at radius 1 is 1.11 bits per heavy atom. The number of hydrogen-bond donors (Lipinski definition) is 1. The van der Waals surface area contributed by atoms with E-state index in [4.69, 9.17) is 4.74 Å². The molecule has 28 heavy (non-hydrogen) atoms. The van der Waals surface area contributed by atoms with Crippen LogP contribution in [0.5, 0.6) is 0 Å². The van der Waals surface area contributed by atoms with Crippen molar-refractivity contribution >= 4 is 17.8 Å². The number of carbonyl (C=O) groups is 3. The maximum absolute atomic E-state index is 12.1. The van der Waals surface area contributed by atoms with E-state index in [0.29, 0.717) is 0 Å². The highest BCUT2D eigenvalue weighted by atomic mass is 19.4. The van der Waals surface area contributed by atoms with E-state index >= 15 is 0 Å². The largest absolute Gasteiger partial charge is 0.471 e. The third kappa shape index (κ3) is 12.3. The van der Waals surface area contributed by atoms with Crippen LogP contribution in [0.25, 0.3) is 0 Å². The molecule has 0 aromatic rings. The van der Waals surface area contributed by atoms with Gasteiger partial charge in [-0.3, -0.25) is 9.59 Å². The molecule has 1 atom stereocenters. The van der Waals surface area contributed by atoms with Gasteiger partial charge in [-0.25, -0.2) is 4.79 Å². The zero-order valence-corrected chi connectivity index (χ0v) is 17.9. The van der Waals surface area contributed by atoms with Gasteiger partial charge in [-0.15, -0.1) is 0 Å². The first-order chi connectivity index (χ1) is 12.6. The topological polar surface area (TPSA) is 75.7 Å². The Labute approximate surface area is 165 Å². The summed E-state index contributed by atoms with van der Waals surface area (Å²) in [6.45, 7) is 12.7. The average Bonchev–Trinajstić information content (AvgIpc) is 2.54. The molecule has 0 aliphatic heterocycles. The van der Waals surface area contributed by atoms with E-state index in [0.717, 1.165) is 5.92 Å². The number of nitrogens with one attached hydrogen (secondary N) is 1.